The van der Waals surface area contributed by atoms with Crippen LogP contribution >= 0.6 is 0 Å². The van der Waals surface area contributed by atoms with Gasteiger partial charge in [0.25, 0.3) is 0 Å². The predicted octanol–water partition coefficient (Wildman–Crippen LogP) is 4.70. The highest BCUT2D eigenvalue weighted by Crippen LogP contribution is 2.44. The van der Waals surface area contributed by atoms with Gasteiger partial charge in [0.15, 0.2) is 0 Å². The maximum atomic E-state index is 12.4. The van der Waals surface area contributed by atoms with Crippen molar-refractivity contribution in [3.8, 4) is 11.1 Å². The Morgan fingerprint density at radius 2 is 1.63 bits per heavy atom. The van der Waals surface area contributed by atoms with Crippen LogP contribution in [0.1, 0.15) is 62.5 Å². The van der Waals surface area contributed by atoms with Gasteiger partial charge in [-0.3, -0.25) is 4.79 Å². The zero-order valence-electron chi connectivity index (χ0n) is 20.2. The minimum Gasteiger partial charge on any atom is -0.480 e. The molecule has 0 heterocycles. The van der Waals surface area contributed by atoms with Crippen LogP contribution in [-0.2, 0) is 14.3 Å². The van der Waals surface area contributed by atoms with Crippen molar-refractivity contribution in [1.29, 1.82) is 0 Å². The van der Waals surface area contributed by atoms with Gasteiger partial charge in [0.05, 0.1) is 0 Å². The lowest BCUT2D eigenvalue weighted by Crippen LogP contribution is -2.41. The first-order valence-electron chi connectivity index (χ1n) is 12.6. The lowest BCUT2D eigenvalue weighted by Gasteiger charge is -2.17. The lowest BCUT2D eigenvalue weighted by molar-refractivity contribution is -0.142. The van der Waals surface area contributed by atoms with Crippen LogP contribution in [0.15, 0.2) is 48.5 Å². The van der Waals surface area contributed by atoms with Crippen molar-refractivity contribution in [1.82, 2.24) is 10.6 Å². The van der Waals surface area contributed by atoms with Crippen molar-refractivity contribution in [2.45, 2.75) is 57.4 Å². The number of carboxylic acid groups (broad SMARTS) is 1. The van der Waals surface area contributed by atoms with Crippen molar-refractivity contribution in [2.75, 3.05) is 13.2 Å². The number of fused-ring (bicyclic) bond motifs is 3. The molecule has 2 aliphatic rings. The first-order valence-corrected chi connectivity index (χ1v) is 12.6. The van der Waals surface area contributed by atoms with Crippen LogP contribution in [-0.4, -0.2) is 42.3 Å². The van der Waals surface area contributed by atoms with E-state index in [4.69, 9.17) is 4.74 Å². The Morgan fingerprint density at radius 3 is 2.26 bits per heavy atom. The van der Waals surface area contributed by atoms with Gasteiger partial charge in [0.2, 0.25) is 5.91 Å². The molecular formula is C28H34N2O5. The standard InChI is InChI=1S/C28H34N2O5/c1-2-7-25(27(32)33)30-26(31)15-18-12-13-19(14-18)16-29-28(34)35-17-24-22-10-5-3-8-20(22)21-9-4-6-11-23(21)24/h3-6,8-11,18-19,24-25H,2,7,12-17H2,1H3,(H,29,34)(H,30,31)(H,32,33)/t18?,19?,25-/m1/s1. The minimum absolute atomic E-state index is 0.0323. The summed E-state index contributed by atoms with van der Waals surface area (Å²) in [6.45, 7) is 2.70. The van der Waals surface area contributed by atoms with Crippen molar-refractivity contribution >= 4 is 18.0 Å². The summed E-state index contributed by atoms with van der Waals surface area (Å²) >= 11 is 0. The maximum absolute atomic E-state index is 12.4. The first kappa shape index (κ1) is 24.8. The first-order chi connectivity index (χ1) is 17.0. The fourth-order valence-electron chi connectivity index (χ4n) is 5.49. The van der Waals surface area contributed by atoms with Crippen LogP contribution in [0.3, 0.4) is 0 Å². The molecule has 1 fully saturated rings. The largest absolute Gasteiger partial charge is 0.480 e. The van der Waals surface area contributed by atoms with Crippen LogP contribution in [0.2, 0.25) is 0 Å². The number of alkyl carbamates (subject to hydrolysis) is 1. The Morgan fingerprint density at radius 1 is 1.00 bits per heavy atom. The van der Waals surface area contributed by atoms with E-state index in [2.05, 4.69) is 34.9 Å². The Labute approximate surface area is 206 Å². The van der Waals surface area contributed by atoms with Gasteiger partial charge >= 0.3 is 12.1 Å². The summed E-state index contributed by atoms with van der Waals surface area (Å²) in [4.78, 5) is 36.0. The summed E-state index contributed by atoms with van der Waals surface area (Å²) in [5, 5.41) is 14.8. The van der Waals surface area contributed by atoms with E-state index >= 15 is 0 Å². The smallest absolute Gasteiger partial charge is 0.407 e. The Bertz CT molecular complexity index is 1020. The fraction of sp³-hybridized carbons (Fsp3) is 0.464. The zero-order valence-corrected chi connectivity index (χ0v) is 20.2. The summed E-state index contributed by atoms with van der Waals surface area (Å²) in [5.41, 5.74) is 4.76. The number of carbonyl (C=O) groups is 3. The molecule has 2 aromatic rings. The van der Waals surface area contributed by atoms with Gasteiger partial charge in [-0.1, -0.05) is 61.9 Å². The van der Waals surface area contributed by atoms with Crippen LogP contribution in [0.25, 0.3) is 11.1 Å². The van der Waals surface area contributed by atoms with E-state index in [0.717, 1.165) is 19.3 Å². The van der Waals surface area contributed by atoms with Gasteiger partial charge in [-0.15, -0.1) is 0 Å². The molecular weight excluding hydrogens is 444 g/mol. The average molecular weight is 479 g/mol. The van der Waals surface area contributed by atoms with Crippen LogP contribution < -0.4 is 10.6 Å². The van der Waals surface area contributed by atoms with Gasteiger partial charge in [-0.05, 0) is 59.8 Å². The number of rotatable bonds is 10. The molecule has 0 bridgehead atoms. The van der Waals surface area contributed by atoms with Gasteiger partial charge < -0.3 is 20.5 Å². The number of ether oxygens (including phenoxy) is 1. The second-order valence-electron chi connectivity index (χ2n) is 9.70. The normalized spacial score (nSPS) is 19.5. The number of carbonyl (C=O) groups excluding carboxylic acids is 2. The van der Waals surface area contributed by atoms with E-state index < -0.39 is 18.1 Å². The second-order valence-corrected chi connectivity index (χ2v) is 9.70. The van der Waals surface area contributed by atoms with Crippen molar-refractivity contribution < 1.29 is 24.2 Å². The second kappa shape index (κ2) is 11.4. The van der Waals surface area contributed by atoms with Crippen LogP contribution in [0.5, 0.6) is 0 Å². The molecule has 2 amide bonds. The Kier molecular flexibility index (Phi) is 8.06. The molecule has 2 aromatic carbocycles. The number of hydrogen-bond donors (Lipinski definition) is 3. The predicted molar refractivity (Wildman–Crippen MR) is 133 cm³/mol. The molecule has 0 aromatic heterocycles. The summed E-state index contributed by atoms with van der Waals surface area (Å²) in [5.74, 6) is -0.665. The third-order valence-electron chi connectivity index (χ3n) is 7.21. The molecule has 2 unspecified atom stereocenters. The number of aliphatic carboxylic acids is 1. The van der Waals surface area contributed by atoms with E-state index in [-0.39, 0.29) is 24.3 Å². The van der Waals surface area contributed by atoms with Crippen molar-refractivity contribution in [3.63, 3.8) is 0 Å². The highest BCUT2D eigenvalue weighted by Gasteiger charge is 2.30. The Balaban J connectivity index is 1.20. The topological polar surface area (TPSA) is 105 Å². The molecule has 7 heteroatoms. The molecule has 3 atom stereocenters. The molecule has 1 saturated carbocycles. The number of carboxylic acids is 1. The monoisotopic (exact) mass is 478 g/mol. The van der Waals surface area contributed by atoms with E-state index in [1.807, 2.05) is 31.2 Å². The third-order valence-corrected chi connectivity index (χ3v) is 7.21. The summed E-state index contributed by atoms with van der Waals surface area (Å²) in [7, 11) is 0. The Hall–Kier alpha value is -3.35. The third kappa shape index (κ3) is 6.02. The van der Waals surface area contributed by atoms with Crippen molar-refractivity contribution in [3.05, 3.63) is 59.7 Å². The number of hydrogen-bond acceptors (Lipinski definition) is 4. The quantitative estimate of drug-likeness (QED) is 0.459. The molecule has 0 spiro atoms. The molecule has 186 valence electrons. The average Bonchev–Trinajstić information content (AvgIpc) is 3.43. The molecule has 0 saturated heterocycles. The van der Waals surface area contributed by atoms with Gasteiger partial charge in [0.1, 0.15) is 12.6 Å². The highest BCUT2D eigenvalue weighted by atomic mass is 16.5. The summed E-state index contributed by atoms with van der Waals surface area (Å²) < 4.78 is 5.61. The van der Waals surface area contributed by atoms with E-state index in [1.165, 1.54) is 22.3 Å². The molecule has 4 rings (SSSR count). The summed E-state index contributed by atoms with van der Waals surface area (Å²) in [6.07, 6.45) is 3.70. The molecule has 0 aliphatic heterocycles. The molecule has 2 aliphatic carbocycles. The molecule has 35 heavy (non-hydrogen) atoms. The molecule has 3 N–H and O–H groups in total. The zero-order chi connectivity index (χ0) is 24.8. The highest BCUT2D eigenvalue weighted by molar-refractivity contribution is 5.83. The van der Waals surface area contributed by atoms with Crippen molar-refractivity contribution in [2.24, 2.45) is 11.8 Å². The number of benzene rings is 2. The van der Waals surface area contributed by atoms with Gasteiger partial charge in [-0.25, -0.2) is 9.59 Å². The van der Waals surface area contributed by atoms with Crippen LogP contribution in [0.4, 0.5) is 4.79 Å². The van der Waals surface area contributed by atoms with Gasteiger partial charge in [0, 0.05) is 18.9 Å². The van der Waals surface area contributed by atoms with E-state index in [1.54, 1.807) is 0 Å². The molecule has 7 nitrogen and oxygen atoms in total. The summed E-state index contributed by atoms with van der Waals surface area (Å²) in [6, 6.07) is 15.7. The van der Waals surface area contributed by atoms with E-state index in [0.29, 0.717) is 31.7 Å². The van der Waals surface area contributed by atoms with Gasteiger partial charge in [-0.2, -0.15) is 0 Å². The number of amides is 2. The van der Waals surface area contributed by atoms with Crippen LogP contribution in [0, 0.1) is 11.8 Å². The fourth-order valence-corrected chi connectivity index (χ4v) is 5.49. The SMILES string of the molecule is CCC[C@@H](NC(=O)CC1CCC(CNC(=O)OCC2c3ccccc3-c3ccccc32)C1)C(=O)O. The number of nitrogens with one attached hydrogen (secondary N) is 2. The lowest BCUT2D eigenvalue weighted by atomic mass is 9.98. The van der Waals surface area contributed by atoms with E-state index in [9.17, 15) is 19.5 Å². The maximum Gasteiger partial charge on any atom is 0.407 e. The molecule has 0 radical (unpaired) electrons. The minimum atomic E-state index is -0.989.